The lowest BCUT2D eigenvalue weighted by Crippen LogP contribution is -2.34. The predicted molar refractivity (Wildman–Crippen MR) is 166 cm³/mol. The summed E-state index contributed by atoms with van der Waals surface area (Å²) >= 11 is 0. The molecule has 4 amide bonds. The number of nitrogens with one attached hydrogen (secondary N) is 6. The van der Waals surface area contributed by atoms with E-state index in [9.17, 15) is 28.8 Å². The number of aryl methyl sites for hydroxylation is 4. The lowest BCUT2D eigenvalue weighted by atomic mass is 10.3. The number of amidine groups is 1. The van der Waals surface area contributed by atoms with Crippen LogP contribution in [-0.4, -0.2) is 59.3 Å². The number of aromatic amines is 1. The van der Waals surface area contributed by atoms with Gasteiger partial charge >= 0.3 is 5.69 Å². The number of carbonyl (C=O) groups is 4. The number of hydrogen-bond acceptors (Lipinski definition) is 7. The minimum absolute atomic E-state index is 0.0409. The highest BCUT2D eigenvalue weighted by atomic mass is 16.2. The number of nitrogens with two attached hydrogens (primary N) is 1. The van der Waals surface area contributed by atoms with Gasteiger partial charge in [-0.25, -0.2) is 4.79 Å². The second-order valence-electron chi connectivity index (χ2n) is 10.4. The van der Waals surface area contributed by atoms with Gasteiger partial charge in [-0.3, -0.25) is 38.9 Å². The van der Waals surface area contributed by atoms with Crippen LogP contribution in [0.2, 0.25) is 0 Å². The quantitative estimate of drug-likeness (QED) is 0.0899. The van der Waals surface area contributed by atoms with Crippen molar-refractivity contribution in [1.82, 2.24) is 28.6 Å². The Kier molecular flexibility index (Phi) is 9.20. The van der Waals surface area contributed by atoms with E-state index in [0.717, 1.165) is 4.57 Å². The Morgan fingerprint density at radius 3 is 1.73 bits per heavy atom. The number of anilines is 3. The summed E-state index contributed by atoms with van der Waals surface area (Å²) in [5, 5.41) is 18.0. The van der Waals surface area contributed by atoms with Gasteiger partial charge in [0, 0.05) is 64.5 Å². The zero-order valence-electron chi connectivity index (χ0n) is 25.0. The van der Waals surface area contributed by atoms with E-state index in [1.807, 2.05) is 0 Å². The first-order valence-electron chi connectivity index (χ1n) is 13.5. The summed E-state index contributed by atoms with van der Waals surface area (Å²) in [5.41, 5.74) is 6.10. The molecule has 17 nitrogen and oxygen atoms in total. The van der Waals surface area contributed by atoms with Gasteiger partial charge in [-0.1, -0.05) is 0 Å². The van der Waals surface area contributed by atoms with E-state index >= 15 is 0 Å². The van der Waals surface area contributed by atoms with Crippen molar-refractivity contribution < 1.29 is 19.2 Å². The summed E-state index contributed by atoms with van der Waals surface area (Å²) in [5.74, 6) is -1.95. The zero-order chi connectivity index (χ0) is 33.0. The van der Waals surface area contributed by atoms with E-state index in [2.05, 4.69) is 26.3 Å². The summed E-state index contributed by atoms with van der Waals surface area (Å²) in [4.78, 5) is 76.7. The Morgan fingerprint density at radius 2 is 1.24 bits per heavy atom. The van der Waals surface area contributed by atoms with Gasteiger partial charge in [0.25, 0.3) is 23.3 Å². The van der Waals surface area contributed by atoms with E-state index in [-0.39, 0.29) is 48.2 Å². The molecule has 0 saturated heterocycles. The monoisotopic (exact) mass is 619 g/mol. The van der Waals surface area contributed by atoms with Crippen LogP contribution >= 0.6 is 0 Å². The summed E-state index contributed by atoms with van der Waals surface area (Å²) in [6.45, 7) is 1.37. The van der Waals surface area contributed by atoms with Crippen LogP contribution in [0.4, 0.5) is 17.1 Å². The largest absolute Gasteiger partial charge is 0.388 e. The first kappa shape index (κ1) is 31.8. The lowest BCUT2D eigenvalue weighted by molar-refractivity contribution is -0.116. The second kappa shape index (κ2) is 13.0. The molecule has 4 rings (SSSR count). The fraction of sp³-hybridized carbons (Fsp3) is 0.250. The molecule has 45 heavy (non-hydrogen) atoms. The molecule has 0 aliphatic rings. The van der Waals surface area contributed by atoms with Crippen LogP contribution in [0.1, 0.15) is 43.4 Å². The van der Waals surface area contributed by atoms with Crippen molar-refractivity contribution in [2.45, 2.75) is 19.9 Å². The summed E-state index contributed by atoms with van der Waals surface area (Å²) in [6, 6.07) is 4.45. The number of aromatic nitrogens is 5. The first-order valence-corrected chi connectivity index (χ1v) is 13.5. The van der Waals surface area contributed by atoms with Gasteiger partial charge in [-0.15, -0.1) is 0 Å². The van der Waals surface area contributed by atoms with E-state index in [1.165, 1.54) is 46.7 Å². The van der Waals surface area contributed by atoms with Gasteiger partial charge in [-0.2, -0.15) is 0 Å². The van der Waals surface area contributed by atoms with Crippen molar-refractivity contribution in [2.75, 3.05) is 22.5 Å². The first-order chi connectivity index (χ1) is 21.2. The zero-order valence-corrected chi connectivity index (χ0v) is 25.0. The van der Waals surface area contributed by atoms with Crippen molar-refractivity contribution in [1.29, 1.82) is 5.41 Å². The maximum absolute atomic E-state index is 13.0. The number of nitrogens with zero attached hydrogens (tertiary/aromatic N) is 4. The molecule has 0 saturated carbocycles. The van der Waals surface area contributed by atoms with E-state index in [4.69, 9.17) is 11.1 Å². The van der Waals surface area contributed by atoms with Gasteiger partial charge in [-0.05, 0) is 25.1 Å². The number of rotatable bonds is 11. The van der Waals surface area contributed by atoms with Crippen LogP contribution in [0.5, 0.6) is 0 Å². The van der Waals surface area contributed by atoms with Crippen LogP contribution in [0.25, 0.3) is 0 Å². The topological polar surface area (TPSA) is 236 Å². The Labute approximate surface area is 255 Å². The molecule has 4 heterocycles. The van der Waals surface area contributed by atoms with Gasteiger partial charge in [0.15, 0.2) is 0 Å². The minimum Gasteiger partial charge on any atom is -0.388 e. The molecule has 0 bridgehead atoms. The molecule has 4 aromatic rings. The molecule has 0 aromatic carbocycles. The molecule has 236 valence electrons. The van der Waals surface area contributed by atoms with Crippen LogP contribution in [-0.2, 0) is 32.5 Å². The fourth-order valence-corrected chi connectivity index (χ4v) is 4.46. The van der Waals surface area contributed by atoms with Crippen LogP contribution in [0, 0.1) is 12.3 Å². The molecule has 8 N–H and O–H groups in total. The third-order valence-corrected chi connectivity index (χ3v) is 6.70. The molecule has 0 atom stereocenters. The van der Waals surface area contributed by atoms with Crippen molar-refractivity contribution in [3.8, 4) is 0 Å². The van der Waals surface area contributed by atoms with Gasteiger partial charge in [0.05, 0.1) is 22.9 Å². The molecular formula is C28H33N11O6. The van der Waals surface area contributed by atoms with Crippen LogP contribution in [0.15, 0.2) is 52.6 Å². The van der Waals surface area contributed by atoms with Crippen molar-refractivity contribution >= 4 is 46.5 Å². The molecule has 0 spiro atoms. The Bertz CT molecular complexity index is 1940. The standard InChI is InChI=1S/C28H33N11O6/c1-15-10-39(28(45)35-24(15)41)14-23(40)32-16-7-20(37(3)11-16)26(43)34-18-9-21(38(4)13-18)27(44)33-17-8-19(36(2)12-17)25(42)31-6-5-22(29)30/h7-13H,5-6,14H2,1-4H3,(H3,29,30)(H,31,42)(H,32,40)(H,33,44)(H,34,43)(H,35,41,45). The molecule has 4 aromatic heterocycles. The van der Waals surface area contributed by atoms with E-state index in [0.29, 0.717) is 22.8 Å². The van der Waals surface area contributed by atoms with E-state index < -0.39 is 29.0 Å². The molecular weight excluding hydrogens is 586 g/mol. The lowest BCUT2D eigenvalue weighted by Gasteiger charge is -2.06. The summed E-state index contributed by atoms with van der Waals surface area (Å²) in [6.07, 6.45) is 6.16. The number of H-pyrrole nitrogens is 1. The van der Waals surface area contributed by atoms with Crippen LogP contribution in [0.3, 0.4) is 0 Å². The smallest absolute Gasteiger partial charge is 0.328 e. The Balaban J connectivity index is 1.38. The Morgan fingerprint density at radius 1 is 0.778 bits per heavy atom. The number of carbonyl (C=O) groups excluding carboxylic acids is 4. The molecule has 0 aliphatic carbocycles. The maximum atomic E-state index is 13.0. The van der Waals surface area contributed by atoms with E-state index in [1.54, 1.807) is 38.1 Å². The fourth-order valence-electron chi connectivity index (χ4n) is 4.46. The average Bonchev–Trinajstić information content (AvgIpc) is 3.62. The highest BCUT2D eigenvalue weighted by Crippen LogP contribution is 2.19. The second-order valence-corrected chi connectivity index (χ2v) is 10.4. The molecule has 0 unspecified atom stereocenters. The van der Waals surface area contributed by atoms with Gasteiger partial charge in [0.1, 0.15) is 23.6 Å². The van der Waals surface area contributed by atoms with Gasteiger partial charge in [0.2, 0.25) is 5.91 Å². The SMILES string of the molecule is Cc1cn(CC(=O)Nc2cc(C(=O)Nc3cc(C(=O)Nc4cc(C(=O)NCCC(=N)N)n(C)c4)n(C)c3)n(C)c2)c(=O)[nH]c1=O. The third-order valence-electron chi connectivity index (χ3n) is 6.70. The Hall–Kier alpha value is -6.13. The normalized spacial score (nSPS) is 10.8. The number of amides is 4. The van der Waals surface area contributed by atoms with Crippen LogP contribution < -0.4 is 38.2 Å². The highest BCUT2D eigenvalue weighted by Gasteiger charge is 2.19. The molecule has 0 aliphatic heterocycles. The van der Waals surface area contributed by atoms with Crippen molar-refractivity contribution in [2.24, 2.45) is 26.9 Å². The molecule has 0 fully saturated rings. The highest BCUT2D eigenvalue weighted by molar-refractivity contribution is 6.07. The van der Waals surface area contributed by atoms with Crippen molar-refractivity contribution in [3.05, 3.63) is 86.5 Å². The summed E-state index contributed by atoms with van der Waals surface area (Å²) in [7, 11) is 4.90. The molecule has 17 heteroatoms. The van der Waals surface area contributed by atoms with Crippen molar-refractivity contribution in [3.63, 3.8) is 0 Å². The third kappa shape index (κ3) is 7.64. The maximum Gasteiger partial charge on any atom is 0.328 e. The molecule has 0 radical (unpaired) electrons. The predicted octanol–water partition coefficient (Wildman–Crippen LogP) is 0.0597. The summed E-state index contributed by atoms with van der Waals surface area (Å²) < 4.78 is 5.65. The minimum atomic E-state index is -0.719. The number of hydrogen-bond donors (Lipinski definition) is 7. The average molecular weight is 620 g/mol. The van der Waals surface area contributed by atoms with Gasteiger partial charge < -0.3 is 40.7 Å².